The van der Waals surface area contributed by atoms with E-state index in [0.717, 1.165) is 36.1 Å². The van der Waals surface area contributed by atoms with Crippen LogP contribution in [0, 0.1) is 11.3 Å². The predicted octanol–water partition coefficient (Wildman–Crippen LogP) is 3.87. The number of alkyl halides is 2. The highest BCUT2D eigenvalue weighted by Gasteiger charge is 2.25. The second kappa shape index (κ2) is 8.84. The molecule has 1 aliphatic rings. The zero-order chi connectivity index (χ0) is 21.0. The van der Waals surface area contributed by atoms with Crippen molar-refractivity contribution < 1.29 is 23.1 Å². The summed E-state index contributed by atoms with van der Waals surface area (Å²) in [6, 6.07) is 7.32. The molecule has 1 aromatic carbocycles. The SMILES string of the molecule is N#C/C(=C/c1ccc(OC(F)F)cc1)C(=O)Nc1sc2c(c1C(N)=O)CCCC2. The Kier molecular flexibility index (Phi) is 6.24. The number of thiophene rings is 1. The summed E-state index contributed by atoms with van der Waals surface area (Å²) in [6.07, 6.45) is 4.83. The molecular weight excluding hydrogens is 400 g/mol. The number of carbonyl (C=O) groups is 2. The van der Waals surface area contributed by atoms with E-state index < -0.39 is 18.4 Å². The second-order valence-electron chi connectivity index (χ2n) is 6.35. The number of nitriles is 1. The minimum absolute atomic E-state index is 0.0321. The Morgan fingerprint density at radius 3 is 2.55 bits per heavy atom. The molecule has 9 heteroatoms. The lowest BCUT2D eigenvalue weighted by molar-refractivity contribution is -0.112. The lowest BCUT2D eigenvalue weighted by atomic mass is 9.95. The summed E-state index contributed by atoms with van der Waals surface area (Å²) >= 11 is 1.30. The average molecular weight is 417 g/mol. The van der Waals surface area contributed by atoms with Crippen LogP contribution < -0.4 is 15.8 Å². The number of primary amides is 1. The fraction of sp³-hybridized carbons (Fsp3) is 0.250. The summed E-state index contributed by atoms with van der Waals surface area (Å²) < 4.78 is 28.7. The normalized spacial score (nSPS) is 13.5. The Morgan fingerprint density at radius 2 is 1.93 bits per heavy atom. The molecule has 0 radical (unpaired) electrons. The van der Waals surface area contributed by atoms with Gasteiger partial charge in [0.05, 0.1) is 5.56 Å². The zero-order valence-corrected chi connectivity index (χ0v) is 16.0. The Hall–Kier alpha value is -3.25. The quantitative estimate of drug-likeness (QED) is 0.550. The van der Waals surface area contributed by atoms with Crippen LogP contribution in [-0.4, -0.2) is 18.4 Å². The van der Waals surface area contributed by atoms with E-state index in [2.05, 4.69) is 10.1 Å². The molecular formula is C20H17F2N3O3S. The van der Waals surface area contributed by atoms with E-state index in [9.17, 15) is 23.6 Å². The predicted molar refractivity (Wildman–Crippen MR) is 105 cm³/mol. The van der Waals surface area contributed by atoms with Crippen molar-refractivity contribution in [3.8, 4) is 11.8 Å². The van der Waals surface area contributed by atoms with Gasteiger partial charge in [0.15, 0.2) is 0 Å². The molecule has 0 aliphatic heterocycles. The first-order valence-corrected chi connectivity index (χ1v) is 9.63. The number of ether oxygens (including phenoxy) is 1. The molecule has 0 spiro atoms. The molecule has 6 nitrogen and oxygen atoms in total. The minimum atomic E-state index is -2.94. The number of halogens is 2. The molecule has 0 saturated carbocycles. The zero-order valence-electron chi connectivity index (χ0n) is 15.2. The Balaban J connectivity index is 1.82. The second-order valence-corrected chi connectivity index (χ2v) is 7.46. The van der Waals surface area contributed by atoms with Crippen molar-refractivity contribution in [3.05, 3.63) is 51.4 Å². The number of hydrogen-bond acceptors (Lipinski definition) is 5. The number of amides is 2. The number of fused-ring (bicyclic) bond motifs is 1. The van der Waals surface area contributed by atoms with Crippen LogP contribution in [0.2, 0.25) is 0 Å². The minimum Gasteiger partial charge on any atom is -0.435 e. The van der Waals surface area contributed by atoms with Crippen molar-refractivity contribution in [1.29, 1.82) is 5.26 Å². The number of rotatable bonds is 6. The summed E-state index contributed by atoms with van der Waals surface area (Å²) in [7, 11) is 0. The molecule has 1 heterocycles. The molecule has 2 aromatic rings. The van der Waals surface area contributed by atoms with Gasteiger partial charge in [-0.2, -0.15) is 14.0 Å². The summed E-state index contributed by atoms with van der Waals surface area (Å²) in [6.45, 7) is -2.94. The number of aryl methyl sites for hydroxylation is 1. The fourth-order valence-electron chi connectivity index (χ4n) is 3.15. The van der Waals surface area contributed by atoms with E-state index in [4.69, 9.17) is 5.73 Å². The van der Waals surface area contributed by atoms with Gasteiger partial charge in [0.2, 0.25) is 0 Å². The number of benzene rings is 1. The maximum absolute atomic E-state index is 12.6. The van der Waals surface area contributed by atoms with Gasteiger partial charge in [0, 0.05) is 4.88 Å². The van der Waals surface area contributed by atoms with Gasteiger partial charge in [0.1, 0.15) is 22.4 Å². The summed E-state index contributed by atoms with van der Waals surface area (Å²) in [5.74, 6) is -1.33. The Labute approximate surface area is 169 Å². The first kappa shape index (κ1) is 20.5. The molecule has 2 amide bonds. The van der Waals surface area contributed by atoms with Crippen molar-refractivity contribution >= 4 is 34.2 Å². The lowest BCUT2D eigenvalue weighted by Gasteiger charge is -2.11. The highest BCUT2D eigenvalue weighted by atomic mass is 32.1. The number of nitrogens with zero attached hydrogens (tertiary/aromatic N) is 1. The number of nitrogens with two attached hydrogens (primary N) is 1. The first-order valence-electron chi connectivity index (χ1n) is 8.81. The van der Waals surface area contributed by atoms with Crippen molar-refractivity contribution in [3.63, 3.8) is 0 Å². The van der Waals surface area contributed by atoms with Gasteiger partial charge in [-0.05, 0) is 55.0 Å². The molecule has 150 valence electrons. The van der Waals surface area contributed by atoms with Gasteiger partial charge in [-0.3, -0.25) is 9.59 Å². The van der Waals surface area contributed by atoms with Crippen LogP contribution in [0.4, 0.5) is 13.8 Å². The van der Waals surface area contributed by atoms with Gasteiger partial charge in [-0.25, -0.2) is 0 Å². The van der Waals surface area contributed by atoms with Crippen molar-refractivity contribution in [2.45, 2.75) is 32.3 Å². The molecule has 0 fully saturated rings. The van der Waals surface area contributed by atoms with Gasteiger partial charge in [-0.1, -0.05) is 12.1 Å². The molecule has 0 atom stereocenters. The van der Waals surface area contributed by atoms with Crippen molar-refractivity contribution in [1.82, 2.24) is 0 Å². The lowest BCUT2D eigenvalue weighted by Crippen LogP contribution is -2.19. The fourth-order valence-corrected chi connectivity index (χ4v) is 4.44. The summed E-state index contributed by atoms with van der Waals surface area (Å²) in [5, 5.41) is 12.3. The van der Waals surface area contributed by atoms with Crippen LogP contribution in [0.15, 0.2) is 29.8 Å². The van der Waals surface area contributed by atoms with Gasteiger partial charge in [0.25, 0.3) is 11.8 Å². The third-order valence-electron chi connectivity index (χ3n) is 4.43. The Morgan fingerprint density at radius 1 is 1.24 bits per heavy atom. The summed E-state index contributed by atoms with van der Waals surface area (Å²) in [5.41, 5.74) is 6.95. The smallest absolute Gasteiger partial charge is 0.387 e. The van der Waals surface area contributed by atoms with Crippen LogP contribution in [0.3, 0.4) is 0 Å². The van der Waals surface area contributed by atoms with Crippen LogP contribution in [0.5, 0.6) is 5.75 Å². The van der Waals surface area contributed by atoms with Crippen LogP contribution >= 0.6 is 11.3 Å². The molecule has 29 heavy (non-hydrogen) atoms. The molecule has 0 saturated heterocycles. The van der Waals surface area contributed by atoms with Crippen LogP contribution in [-0.2, 0) is 17.6 Å². The van der Waals surface area contributed by atoms with Crippen molar-refractivity contribution in [2.75, 3.05) is 5.32 Å². The van der Waals surface area contributed by atoms with E-state index in [1.807, 2.05) is 6.07 Å². The van der Waals surface area contributed by atoms with Crippen LogP contribution in [0.1, 0.15) is 39.2 Å². The molecule has 0 unspecified atom stereocenters. The maximum Gasteiger partial charge on any atom is 0.387 e. The third kappa shape index (κ3) is 4.78. The average Bonchev–Trinajstić information content (AvgIpc) is 3.04. The molecule has 3 rings (SSSR count). The maximum atomic E-state index is 12.6. The Bertz CT molecular complexity index is 1010. The van der Waals surface area contributed by atoms with E-state index in [-0.39, 0.29) is 11.3 Å². The third-order valence-corrected chi connectivity index (χ3v) is 5.63. The van der Waals surface area contributed by atoms with Crippen LogP contribution in [0.25, 0.3) is 6.08 Å². The molecule has 1 aromatic heterocycles. The number of carbonyl (C=O) groups excluding carboxylic acids is 2. The van der Waals surface area contributed by atoms with E-state index in [0.29, 0.717) is 16.1 Å². The van der Waals surface area contributed by atoms with Gasteiger partial charge < -0.3 is 15.8 Å². The molecule has 0 bridgehead atoms. The molecule has 1 aliphatic carbocycles. The number of nitrogens with one attached hydrogen (secondary N) is 1. The number of anilines is 1. The van der Waals surface area contributed by atoms with Gasteiger partial charge >= 0.3 is 6.61 Å². The summed E-state index contributed by atoms with van der Waals surface area (Å²) in [4.78, 5) is 25.5. The molecule has 3 N–H and O–H groups in total. The number of hydrogen-bond donors (Lipinski definition) is 2. The van der Waals surface area contributed by atoms with Gasteiger partial charge in [-0.15, -0.1) is 11.3 Å². The topological polar surface area (TPSA) is 105 Å². The highest BCUT2D eigenvalue weighted by Crippen LogP contribution is 2.38. The van der Waals surface area contributed by atoms with E-state index in [1.165, 1.54) is 41.7 Å². The largest absolute Gasteiger partial charge is 0.435 e. The van der Waals surface area contributed by atoms with Crippen molar-refractivity contribution in [2.24, 2.45) is 5.73 Å². The first-order chi connectivity index (χ1) is 13.9. The van der Waals surface area contributed by atoms with E-state index >= 15 is 0 Å². The van der Waals surface area contributed by atoms with E-state index in [1.54, 1.807) is 0 Å². The monoisotopic (exact) mass is 417 g/mol. The standard InChI is InChI=1S/C20H17F2N3O3S/c21-20(22)28-13-7-5-11(6-8-13)9-12(10-23)18(27)25-19-16(17(24)26)14-3-1-2-4-15(14)29-19/h5-9,20H,1-4H2,(H2,24,26)(H,25,27)/b12-9-. The highest BCUT2D eigenvalue weighted by molar-refractivity contribution is 7.17.